The van der Waals surface area contributed by atoms with Gasteiger partial charge in [-0.2, -0.15) is 0 Å². The van der Waals surface area contributed by atoms with Crippen LogP contribution < -0.4 is 5.32 Å². The number of hydrogen-bond acceptors (Lipinski definition) is 6. The van der Waals surface area contributed by atoms with Gasteiger partial charge in [0.05, 0.1) is 12.1 Å². The van der Waals surface area contributed by atoms with Gasteiger partial charge in [-0.05, 0) is 42.8 Å². The van der Waals surface area contributed by atoms with E-state index in [-0.39, 0.29) is 29.5 Å². The second-order valence-corrected chi connectivity index (χ2v) is 10.1. The zero-order chi connectivity index (χ0) is 20.4. The summed E-state index contributed by atoms with van der Waals surface area (Å²) in [4.78, 5) is 40.4. The maximum Gasteiger partial charge on any atom is 0.325 e. The Morgan fingerprint density at radius 2 is 1.90 bits per heavy atom. The zero-order valence-corrected chi connectivity index (χ0v) is 16.9. The Morgan fingerprint density at radius 1 is 1.10 bits per heavy atom. The van der Waals surface area contributed by atoms with Crippen molar-refractivity contribution in [3.8, 4) is 0 Å². The minimum atomic E-state index is -3.98. The molecule has 3 heterocycles. The van der Waals surface area contributed by atoms with Crippen LogP contribution in [-0.2, 0) is 26.8 Å². The maximum absolute atomic E-state index is 13.2. The van der Waals surface area contributed by atoms with Crippen LogP contribution in [0, 0.1) is 0 Å². The molecule has 3 aliphatic rings. The molecule has 5 rings (SSSR count). The molecule has 2 aliphatic heterocycles. The van der Waals surface area contributed by atoms with E-state index >= 15 is 0 Å². The molecule has 1 aromatic heterocycles. The van der Waals surface area contributed by atoms with Crippen LogP contribution >= 0.6 is 11.3 Å². The van der Waals surface area contributed by atoms with E-state index in [2.05, 4.69) is 5.32 Å². The molecule has 1 saturated heterocycles. The number of urea groups is 1. The van der Waals surface area contributed by atoms with Crippen molar-refractivity contribution >= 4 is 39.2 Å². The molecule has 1 N–H and O–H groups in total. The summed E-state index contributed by atoms with van der Waals surface area (Å²) in [6.07, 6.45) is 2.16. The third-order valence-corrected chi connectivity index (χ3v) is 8.60. The van der Waals surface area contributed by atoms with Crippen molar-refractivity contribution in [3.63, 3.8) is 0 Å². The minimum absolute atomic E-state index is 0.0473. The molecule has 1 aromatic carbocycles. The third-order valence-electron chi connectivity index (χ3n) is 5.78. The highest BCUT2D eigenvalue weighted by Crippen LogP contribution is 2.42. The van der Waals surface area contributed by atoms with E-state index in [1.165, 1.54) is 12.1 Å². The number of rotatable bonds is 3. The molecule has 1 atom stereocenters. The van der Waals surface area contributed by atoms with Crippen molar-refractivity contribution in [1.29, 1.82) is 0 Å². The lowest BCUT2D eigenvalue weighted by molar-refractivity contribution is -0.132. The van der Waals surface area contributed by atoms with Crippen molar-refractivity contribution < 1.29 is 22.8 Å². The van der Waals surface area contributed by atoms with E-state index in [1.54, 1.807) is 23.5 Å². The largest absolute Gasteiger partial charge is 0.325 e. The number of imide groups is 1. The molecular formula is C19H17N3O5S2. The summed E-state index contributed by atoms with van der Waals surface area (Å²) < 4.78 is 26.1. The average Bonchev–Trinajstić information content (AvgIpc) is 3.32. The molecule has 1 spiro atoms. The summed E-state index contributed by atoms with van der Waals surface area (Å²) >= 11 is 1.56. The van der Waals surface area contributed by atoms with Crippen LogP contribution in [0.2, 0.25) is 0 Å². The first-order chi connectivity index (χ1) is 13.9. The van der Waals surface area contributed by atoms with Gasteiger partial charge in [0, 0.05) is 17.0 Å². The van der Waals surface area contributed by atoms with E-state index in [4.69, 9.17) is 0 Å². The van der Waals surface area contributed by atoms with Crippen molar-refractivity contribution in [1.82, 2.24) is 14.5 Å². The smallest absolute Gasteiger partial charge is 0.319 e. The number of carbonyl (C=O) groups excluding carboxylic acids is 3. The van der Waals surface area contributed by atoms with E-state index in [1.807, 2.05) is 11.4 Å². The van der Waals surface area contributed by atoms with Gasteiger partial charge in [-0.1, -0.05) is 12.1 Å². The molecule has 10 heteroatoms. The second-order valence-electron chi connectivity index (χ2n) is 7.28. The molecule has 29 heavy (non-hydrogen) atoms. The van der Waals surface area contributed by atoms with Gasteiger partial charge in [-0.15, -0.1) is 11.3 Å². The number of fused-ring (bicyclic) bond motifs is 3. The lowest BCUT2D eigenvalue weighted by Crippen LogP contribution is -2.46. The van der Waals surface area contributed by atoms with Crippen LogP contribution in [0.4, 0.5) is 4.79 Å². The van der Waals surface area contributed by atoms with Gasteiger partial charge in [-0.3, -0.25) is 14.5 Å². The number of nitrogens with zero attached hydrogens (tertiary/aromatic N) is 2. The number of nitrogens with one attached hydrogen (secondary N) is 1. The molecule has 1 aliphatic carbocycles. The SMILES string of the molecule is O=C1N[C@]2(CCCc3sccc32)C(=O)N1CCN1C(=O)c2ccccc2S1(=O)=O. The quantitative estimate of drug-likeness (QED) is 0.745. The van der Waals surface area contributed by atoms with Crippen molar-refractivity contribution in [2.24, 2.45) is 0 Å². The molecule has 0 radical (unpaired) electrons. The first kappa shape index (κ1) is 18.3. The molecule has 8 nitrogen and oxygen atoms in total. The normalized spacial score (nSPS) is 24.8. The second kappa shape index (κ2) is 6.14. The predicted octanol–water partition coefficient (Wildman–Crippen LogP) is 1.68. The Hall–Kier alpha value is -2.72. The molecule has 150 valence electrons. The summed E-state index contributed by atoms with van der Waals surface area (Å²) in [6, 6.07) is 7.29. The van der Waals surface area contributed by atoms with Crippen LogP contribution in [0.15, 0.2) is 40.6 Å². The van der Waals surface area contributed by atoms with Crippen LogP contribution in [-0.4, -0.2) is 48.6 Å². The Morgan fingerprint density at radius 3 is 2.69 bits per heavy atom. The standard InChI is InChI=1S/C19H17N3O5S2/c23-16-12-4-1-2-6-15(12)29(26,27)22(16)10-9-21-17(24)19(20-18(21)25)8-3-5-14-13(19)7-11-28-14/h1-2,4,6-7,11H,3,5,8-10H2,(H,20,25)/t19-/m0/s1. The van der Waals surface area contributed by atoms with Crippen molar-refractivity contribution in [2.75, 3.05) is 13.1 Å². The topological polar surface area (TPSA) is 104 Å². The van der Waals surface area contributed by atoms with Crippen LogP contribution in [0.25, 0.3) is 0 Å². The number of carbonyl (C=O) groups is 3. The van der Waals surface area contributed by atoms with Crippen LogP contribution in [0.5, 0.6) is 0 Å². The molecule has 4 amide bonds. The number of hydrogen-bond donors (Lipinski definition) is 1. The Kier molecular flexibility index (Phi) is 3.88. The number of amides is 4. The fourth-order valence-electron chi connectivity index (χ4n) is 4.39. The number of benzene rings is 1. The molecule has 2 aromatic rings. The van der Waals surface area contributed by atoms with Crippen LogP contribution in [0.1, 0.15) is 33.6 Å². The number of thiophene rings is 1. The first-order valence-electron chi connectivity index (χ1n) is 9.23. The Labute approximate surface area is 171 Å². The fourth-order valence-corrected chi connectivity index (χ4v) is 6.95. The van der Waals surface area contributed by atoms with Gasteiger partial charge in [0.2, 0.25) is 0 Å². The molecule has 0 saturated carbocycles. The monoisotopic (exact) mass is 431 g/mol. The lowest BCUT2D eigenvalue weighted by atomic mass is 9.80. The minimum Gasteiger partial charge on any atom is -0.319 e. The van der Waals surface area contributed by atoms with Gasteiger partial charge in [0.15, 0.2) is 0 Å². The average molecular weight is 431 g/mol. The zero-order valence-electron chi connectivity index (χ0n) is 15.3. The predicted molar refractivity (Wildman–Crippen MR) is 104 cm³/mol. The third kappa shape index (κ3) is 2.42. The number of sulfonamides is 1. The van der Waals surface area contributed by atoms with Crippen molar-refractivity contribution in [2.45, 2.75) is 29.7 Å². The highest BCUT2D eigenvalue weighted by molar-refractivity contribution is 7.90. The molecule has 0 unspecified atom stereocenters. The highest BCUT2D eigenvalue weighted by Gasteiger charge is 2.54. The summed E-state index contributed by atoms with van der Waals surface area (Å²) in [6.45, 7) is -0.466. The van der Waals surface area contributed by atoms with Gasteiger partial charge >= 0.3 is 6.03 Å². The summed E-state index contributed by atoms with van der Waals surface area (Å²) in [5.74, 6) is -1.02. The van der Waals surface area contributed by atoms with E-state index in [0.717, 1.165) is 32.5 Å². The maximum atomic E-state index is 13.2. The fraction of sp³-hybridized carbons (Fsp3) is 0.316. The number of aryl methyl sites for hydroxylation is 1. The molecular weight excluding hydrogens is 414 g/mol. The van der Waals surface area contributed by atoms with Crippen LogP contribution in [0.3, 0.4) is 0 Å². The van der Waals surface area contributed by atoms with Gasteiger partial charge in [0.1, 0.15) is 10.4 Å². The lowest BCUT2D eigenvalue weighted by Gasteiger charge is -2.31. The van der Waals surface area contributed by atoms with E-state index < -0.39 is 27.5 Å². The molecule has 1 fully saturated rings. The Balaban J connectivity index is 1.40. The van der Waals surface area contributed by atoms with Crippen molar-refractivity contribution in [3.05, 3.63) is 51.7 Å². The first-order valence-corrected chi connectivity index (χ1v) is 11.6. The van der Waals surface area contributed by atoms with E-state index in [9.17, 15) is 22.8 Å². The van der Waals surface area contributed by atoms with Gasteiger partial charge in [-0.25, -0.2) is 17.5 Å². The summed E-state index contributed by atoms with van der Waals surface area (Å²) in [5, 5.41) is 4.74. The summed E-state index contributed by atoms with van der Waals surface area (Å²) in [7, 11) is -3.98. The molecule has 0 bridgehead atoms. The van der Waals surface area contributed by atoms with Gasteiger partial charge in [0.25, 0.3) is 21.8 Å². The van der Waals surface area contributed by atoms with Gasteiger partial charge < -0.3 is 5.32 Å². The van der Waals surface area contributed by atoms with E-state index in [0.29, 0.717) is 6.42 Å². The Bertz CT molecular complexity index is 1170. The highest BCUT2D eigenvalue weighted by atomic mass is 32.2. The summed E-state index contributed by atoms with van der Waals surface area (Å²) in [5.41, 5.74) is -0.148.